The fraction of sp³-hybridized carbons (Fsp3) is 0.455. The number of benzene rings is 1. The monoisotopic (exact) mass is 231 g/mol. The largest absolute Gasteiger partial charge is 0.507 e. The minimum atomic E-state index is -2.75. The van der Waals surface area contributed by atoms with Crippen LogP contribution in [0.5, 0.6) is 5.75 Å². The number of phenolic OH excluding ortho intramolecular Hbond substituents is 1. The Kier molecular flexibility index (Phi) is 4.20. The van der Waals surface area contributed by atoms with Crippen LogP contribution in [-0.4, -0.2) is 23.8 Å². The summed E-state index contributed by atoms with van der Waals surface area (Å²) in [5.41, 5.74) is 0.271. The topological polar surface area (TPSA) is 52.5 Å². The van der Waals surface area contributed by atoms with Crippen molar-refractivity contribution in [2.45, 2.75) is 19.5 Å². The van der Waals surface area contributed by atoms with Gasteiger partial charge < -0.3 is 15.5 Å². The number of nitrogens with one attached hydrogen (secondary N) is 1. The lowest BCUT2D eigenvalue weighted by Gasteiger charge is -2.15. The van der Waals surface area contributed by atoms with Gasteiger partial charge in [0.05, 0.1) is 11.7 Å². The number of hydrogen-bond donors (Lipinski definition) is 3. The second-order valence-corrected chi connectivity index (χ2v) is 3.67. The lowest BCUT2D eigenvalue weighted by atomic mass is 10.0. The van der Waals surface area contributed by atoms with Gasteiger partial charge in [-0.05, 0) is 26.1 Å². The van der Waals surface area contributed by atoms with Crippen molar-refractivity contribution in [1.82, 2.24) is 5.32 Å². The first kappa shape index (κ1) is 12.9. The summed E-state index contributed by atoms with van der Waals surface area (Å²) in [6.07, 6.45) is -3.75. The molecule has 90 valence electrons. The van der Waals surface area contributed by atoms with E-state index in [1.807, 2.05) is 0 Å². The number of aliphatic hydroxyl groups excluding tert-OH is 1. The van der Waals surface area contributed by atoms with Gasteiger partial charge in [0.2, 0.25) is 0 Å². The summed E-state index contributed by atoms with van der Waals surface area (Å²) in [6.45, 7) is 1.83. The predicted octanol–water partition coefficient (Wildman–Crippen LogP) is 1.89. The van der Waals surface area contributed by atoms with Crippen LogP contribution < -0.4 is 5.32 Å². The Balaban J connectivity index is 3.18. The van der Waals surface area contributed by atoms with Crippen LogP contribution >= 0.6 is 0 Å². The van der Waals surface area contributed by atoms with Crippen LogP contribution in [-0.2, 0) is 0 Å². The molecule has 0 saturated heterocycles. The zero-order valence-corrected chi connectivity index (χ0v) is 9.17. The average molecular weight is 231 g/mol. The number of aryl methyl sites for hydroxylation is 1. The number of halogens is 2. The van der Waals surface area contributed by atoms with Crippen LogP contribution in [0.15, 0.2) is 12.1 Å². The predicted molar refractivity (Wildman–Crippen MR) is 56.7 cm³/mol. The van der Waals surface area contributed by atoms with E-state index in [0.717, 1.165) is 0 Å². The van der Waals surface area contributed by atoms with E-state index >= 15 is 0 Å². The molecule has 1 atom stereocenters. The maximum Gasteiger partial charge on any atom is 0.267 e. The van der Waals surface area contributed by atoms with E-state index in [2.05, 4.69) is 5.32 Å². The Bertz CT molecular complexity index is 369. The molecule has 5 heteroatoms. The van der Waals surface area contributed by atoms with E-state index < -0.39 is 23.8 Å². The molecular formula is C11H15F2NO2. The van der Waals surface area contributed by atoms with Crippen LogP contribution in [0, 0.1) is 6.92 Å². The molecule has 0 radical (unpaired) electrons. The standard InChI is InChI=1S/C11H15F2NO2/c1-6-3-7(9(15)5-14-2)10(16)8(4-6)11(12)13/h3-4,9,11,14-16H,5H2,1-2H3. The van der Waals surface area contributed by atoms with Crippen LogP contribution in [0.3, 0.4) is 0 Å². The number of phenols is 1. The summed E-state index contributed by atoms with van der Waals surface area (Å²) in [5, 5.41) is 22.0. The van der Waals surface area contributed by atoms with E-state index in [-0.39, 0.29) is 12.1 Å². The molecule has 1 aromatic carbocycles. The summed E-state index contributed by atoms with van der Waals surface area (Å²) < 4.78 is 25.2. The third-order valence-electron chi connectivity index (χ3n) is 2.30. The fourth-order valence-electron chi connectivity index (χ4n) is 1.56. The molecule has 1 rings (SSSR count). The zero-order valence-electron chi connectivity index (χ0n) is 9.17. The van der Waals surface area contributed by atoms with Gasteiger partial charge in [0.1, 0.15) is 5.75 Å². The Morgan fingerprint density at radius 3 is 2.38 bits per heavy atom. The molecule has 0 aliphatic carbocycles. The van der Waals surface area contributed by atoms with E-state index in [9.17, 15) is 19.0 Å². The first-order valence-electron chi connectivity index (χ1n) is 4.91. The summed E-state index contributed by atoms with van der Waals surface area (Å²) in [4.78, 5) is 0. The van der Waals surface area contributed by atoms with Crippen LogP contribution in [0.2, 0.25) is 0 Å². The second-order valence-electron chi connectivity index (χ2n) is 3.67. The molecule has 16 heavy (non-hydrogen) atoms. The highest BCUT2D eigenvalue weighted by Gasteiger charge is 2.20. The van der Waals surface area contributed by atoms with Gasteiger partial charge in [-0.15, -0.1) is 0 Å². The van der Waals surface area contributed by atoms with E-state index in [4.69, 9.17) is 0 Å². The van der Waals surface area contributed by atoms with E-state index in [1.165, 1.54) is 12.1 Å². The van der Waals surface area contributed by atoms with Gasteiger partial charge in [-0.3, -0.25) is 0 Å². The van der Waals surface area contributed by atoms with Crippen LogP contribution in [0.25, 0.3) is 0 Å². The molecule has 0 saturated carbocycles. The summed E-state index contributed by atoms with van der Waals surface area (Å²) in [6, 6.07) is 2.72. The molecule has 0 bridgehead atoms. The minimum absolute atomic E-state index is 0.129. The molecule has 1 unspecified atom stereocenters. The van der Waals surface area contributed by atoms with E-state index in [0.29, 0.717) is 5.56 Å². The maximum absolute atomic E-state index is 12.6. The SMILES string of the molecule is CNCC(O)c1cc(C)cc(C(F)F)c1O. The lowest BCUT2D eigenvalue weighted by Crippen LogP contribution is -2.17. The third kappa shape index (κ3) is 2.68. The van der Waals surface area contributed by atoms with Gasteiger partial charge in [-0.2, -0.15) is 0 Å². The molecule has 0 amide bonds. The maximum atomic E-state index is 12.6. The second kappa shape index (κ2) is 5.23. The van der Waals surface area contributed by atoms with Crippen LogP contribution in [0.1, 0.15) is 29.2 Å². The van der Waals surface area contributed by atoms with Gasteiger partial charge in [0.15, 0.2) is 0 Å². The van der Waals surface area contributed by atoms with Crippen molar-refractivity contribution in [3.8, 4) is 5.75 Å². The number of aliphatic hydroxyl groups is 1. The van der Waals surface area contributed by atoms with E-state index in [1.54, 1.807) is 14.0 Å². The quantitative estimate of drug-likeness (QED) is 0.741. The molecule has 3 N–H and O–H groups in total. The number of rotatable bonds is 4. The molecule has 3 nitrogen and oxygen atoms in total. The first-order chi connectivity index (χ1) is 7.47. The number of aromatic hydroxyl groups is 1. The number of alkyl halides is 2. The van der Waals surface area contributed by atoms with Crippen molar-refractivity contribution < 1.29 is 19.0 Å². The van der Waals surface area contributed by atoms with Crippen molar-refractivity contribution in [2.24, 2.45) is 0 Å². The number of hydrogen-bond acceptors (Lipinski definition) is 3. The summed E-state index contributed by atoms with van der Waals surface area (Å²) >= 11 is 0. The highest BCUT2D eigenvalue weighted by molar-refractivity contribution is 5.45. The van der Waals surface area contributed by atoms with Crippen molar-refractivity contribution in [2.75, 3.05) is 13.6 Å². The van der Waals surface area contributed by atoms with Gasteiger partial charge >= 0.3 is 0 Å². The van der Waals surface area contributed by atoms with Crippen molar-refractivity contribution in [1.29, 1.82) is 0 Å². The van der Waals surface area contributed by atoms with Gasteiger partial charge in [0.25, 0.3) is 6.43 Å². The van der Waals surface area contributed by atoms with Crippen LogP contribution in [0.4, 0.5) is 8.78 Å². The Labute approximate surface area is 92.7 Å². The van der Waals surface area contributed by atoms with Gasteiger partial charge in [-0.1, -0.05) is 5.56 Å². The highest BCUT2D eigenvalue weighted by atomic mass is 19.3. The summed E-state index contributed by atoms with van der Waals surface area (Å²) in [5.74, 6) is -0.525. The first-order valence-corrected chi connectivity index (χ1v) is 4.91. The summed E-state index contributed by atoms with van der Waals surface area (Å²) in [7, 11) is 1.63. The van der Waals surface area contributed by atoms with Gasteiger partial charge in [-0.25, -0.2) is 8.78 Å². The van der Waals surface area contributed by atoms with Crippen molar-refractivity contribution >= 4 is 0 Å². The normalized spacial score (nSPS) is 13.1. The average Bonchev–Trinajstić information content (AvgIpc) is 2.20. The van der Waals surface area contributed by atoms with Crippen molar-refractivity contribution in [3.05, 3.63) is 28.8 Å². The molecule has 1 aromatic rings. The molecule has 0 spiro atoms. The number of likely N-dealkylation sites (N-methyl/N-ethyl adjacent to an activating group) is 1. The lowest BCUT2D eigenvalue weighted by molar-refractivity contribution is 0.144. The molecule has 0 aromatic heterocycles. The molecule has 0 heterocycles. The third-order valence-corrected chi connectivity index (χ3v) is 2.30. The zero-order chi connectivity index (χ0) is 12.3. The molecule has 0 aliphatic rings. The molecule has 0 fully saturated rings. The fourth-order valence-corrected chi connectivity index (χ4v) is 1.56. The van der Waals surface area contributed by atoms with Crippen molar-refractivity contribution in [3.63, 3.8) is 0 Å². The minimum Gasteiger partial charge on any atom is -0.507 e. The van der Waals surface area contributed by atoms with Gasteiger partial charge in [0, 0.05) is 12.1 Å². The molecular weight excluding hydrogens is 216 g/mol. The molecule has 0 aliphatic heterocycles. The smallest absolute Gasteiger partial charge is 0.267 e. The Morgan fingerprint density at radius 1 is 1.31 bits per heavy atom. The highest BCUT2D eigenvalue weighted by Crippen LogP contribution is 2.35. The Morgan fingerprint density at radius 2 is 1.88 bits per heavy atom. The Hall–Kier alpha value is -1.20.